The van der Waals surface area contributed by atoms with Gasteiger partial charge in [-0.15, -0.1) is 0 Å². The summed E-state index contributed by atoms with van der Waals surface area (Å²) in [6, 6.07) is 3.76. The van der Waals surface area contributed by atoms with E-state index in [1.54, 1.807) is 6.92 Å². The summed E-state index contributed by atoms with van der Waals surface area (Å²) in [6.07, 6.45) is 0. The largest absolute Gasteiger partial charge is 0.495 e. The predicted molar refractivity (Wildman–Crippen MR) is 79.2 cm³/mol. The fourth-order valence-corrected chi connectivity index (χ4v) is 3.71. The van der Waals surface area contributed by atoms with Crippen molar-refractivity contribution in [1.29, 1.82) is 0 Å². The number of hydrogen-bond acceptors (Lipinski definition) is 4. The van der Waals surface area contributed by atoms with Crippen LogP contribution < -0.4 is 4.74 Å². The van der Waals surface area contributed by atoms with Gasteiger partial charge >= 0.3 is 5.97 Å². The van der Waals surface area contributed by atoms with Crippen LogP contribution in [-0.4, -0.2) is 44.0 Å². The monoisotopic (exact) mass is 315 g/mol. The summed E-state index contributed by atoms with van der Waals surface area (Å²) in [4.78, 5) is 10.9. The number of ether oxygens (including phenoxy) is 1. The van der Waals surface area contributed by atoms with Crippen LogP contribution in [0, 0.1) is 5.92 Å². The lowest BCUT2D eigenvalue weighted by atomic mass is 10.2. The number of aromatic carboxylic acids is 1. The topological polar surface area (TPSA) is 83.9 Å². The first-order valence-electron chi connectivity index (χ1n) is 6.65. The van der Waals surface area contributed by atoms with Crippen molar-refractivity contribution in [2.24, 2.45) is 5.92 Å². The van der Waals surface area contributed by atoms with Crippen LogP contribution in [0.25, 0.3) is 0 Å². The van der Waals surface area contributed by atoms with Crippen molar-refractivity contribution in [2.75, 3.05) is 20.2 Å². The lowest BCUT2D eigenvalue weighted by Crippen LogP contribution is -2.34. The van der Waals surface area contributed by atoms with Crippen LogP contribution in [-0.2, 0) is 10.0 Å². The molecular formula is C14H21NO5S. The zero-order valence-corrected chi connectivity index (χ0v) is 13.5. The van der Waals surface area contributed by atoms with E-state index in [0.717, 1.165) is 0 Å². The molecule has 1 rings (SSSR count). The minimum Gasteiger partial charge on any atom is -0.495 e. The molecule has 0 aliphatic heterocycles. The van der Waals surface area contributed by atoms with Crippen molar-refractivity contribution in [3.05, 3.63) is 23.8 Å². The molecule has 6 nitrogen and oxygen atoms in total. The number of carboxylic acid groups (broad SMARTS) is 1. The van der Waals surface area contributed by atoms with Gasteiger partial charge in [-0.25, -0.2) is 13.2 Å². The maximum Gasteiger partial charge on any atom is 0.335 e. The maximum absolute atomic E-state index is 12.7. The van der Waals surface area contributed by atoms with Crippen LogP contribution in [0.2, 0.25) is 0 Å². The molecule has 0 unspecified atom stereocenters. The highest BCUT2D eigenvalue weighted by molar-refractivity contribution is 7.89. The fourth-order valence-electron chi connectivity index (χ4n) is 1.96. The summed E-state index contributed by atoms with van der Waals surface area (Å²) < 4.78 is 31.7. The first-order valence-corrected chi connectivity index (χ1v) is 8.09. The third-order valence-corrected chi connectivity index (χ3v) is 4.93. The Balaban J connectivity index is 3.33. The Morgan fingerprint density at radius 1 is 1.38 bits per heavy atom. The van der Waals surface area contributed by atoms with Crippen LogP contribution in [0.4, 0.5) is 0 Å². The summed E-state index contributed by atoms with van der Waals surface area (Å²) in [6.45, 7) is 6.36. The highest BCUT2D eigenvalue weighted by Crippen LogP contribution is 2.28. The number of methoxy groups -OCH3 is 1. The zero-order valence-electron chi connectivity index (χ0n) is 12.7. The second kappa shape index (κ2) is 6.91. The summed E-state index contributed by atoms with van der Waals surface area (Å²) in [5, 5.41) is 8.96. The van der Waals surface area contributed by atoms with E-state index in [0.29, 0.717) is 13.1 Å². The normalized spacial score (nSPS) is 11.9. The third-order valence-electron chi connectivity index (χ3n) is 2.95. The first kappa shape index (κ1) is 17.5. The Bertz CT molecular complexity index is 610. The molecule has 0 heterocycles. The number of hydrogen-bond donors (Lipinski definition) is 1. The number of nitrogens with zero attached hydrogens (tertiary/aromatic N) is 1. The molecule has 0 bridgehead atoms. The van der Waals surface area contributed by atoms with Gasteiger partial charge in [-0.3, -0.25) is 0 Å². The lowest BCUT2D eigenvalue weighted by Gasteiger charge is -2.23. The number of benzene rings is 1. The molecule has 0 amide bonds. The molecule has 0 aliphatic rings. The van der Waals surface area contributed by atoms with Gasteiger partial charge in [0.1, 0.15) is 10.6 Å². The molecule has 0 saturated carbocycles. The molecule has 0 aromatic heterocycles. The van der Waals surface area contributed by atoms with E-state index in [4.69, 9.17) is 9.84 Å². The van der Waals surface area contributed by atoms with E-state index >= 15 is 0 Å². The van der Waals surface area contributed by atoms with Crippen molar-refractivity contribution in [1.82, 2.24) is 4.31 Å². The number of carboxylic acids is 1. The Morgan fingerprint density at radius 3 is 2.43 bits per heavy atom. The molecule has 0 aliphatic carbocycles. The summed E-state index contributed by atoms with van der Waals surface area (Å²) in [5.74, 6) is -0.909. The fraction of sp³-hybridized carbons (Fsp3) is 0.500. The molecule has 0 radical (unpaired) electrons. The van der Waals surface area contributed by atoms with Gasteiger partial charge in [-0.2, -0.15) is 4.31 Å². The van der Waals surface area contributed by atoms with Crippen LogP contribution in [0.3, 0.4) is 0 Å². The molecule has 0 atom stereocenters. The van der Waals surface area contributed by atoms with E-state index in [-0.39, 0.29) is 22.1 Å². The van der Waals surface area contributed by atoms with Gasteiger partial charge in [0.15, 0.2) is 0 Å². The van der Waals surface area contributed by atoms with Crippen molar-refractivity contribution < 1.29 is 23.1 Å². The van der Waals surface area contributed by atoms with E-state index in [1.807, 2.05) is 13.8 Å². The smallest absolute Gasteiger partial charge is 0.335 e. The molecule has 118 valence electrons. The summed E-state index contributed by atoms with van der Waals surface area (Å²) in [7, 11) is -2.40. The molecular weight excluding hydrogens is 294 g/mol. The van der Waals surface area contributed by atoms with Gasteiger partial charge in [0.05, 0.1) is 12.7 Å². The molecule has 0 spiro atoms. The Kier molecular flexibility index (Phi) is 5.74. The van der Waals surface area contributed by atoms with E-state index < -0.39 is 16.0 Å². The molecule has 0 fully saturated rings. The highest BCUT2D eigenvalue weighted by atomic mass is 32.2. The van der Waals surface area contributed by atoms with Crippen molar-refractivity contribution >= 4 is 16.0 Å². The number of rotatable bonds is 7. The average molecular weight is 315 g/mol. The average Bonchev–Trinajstić information content (AvgIpc) is 2.43. The van der Waals surface area contributed by atoms with Crippen LogP contribution in [0.15, 0.2) is 23.1 Å². The Morgan fingerprint density at radius 2 is 2.00 bits per heavy atom. The van der Waals surface area contributed by atoms with E-state index in [9.17, 15) is 13.2 Å². The Hall–Kier alpha value is -1.60. The van der Waals surface area contributed by atoms with Gasteiger partial charge in [-0.1, -0.05) is 20.8 Å². The zero-order chi connectivity index (χ0) is 16.2. The minimum absolute atomic E-state index is 0.0160. The van der Waals surface area contributed by atoms with Crippen molar-refractivity contribution in [2.45, 2.75) is 25.7 Å². The summed E-state index contributed by atoms with van der Waals surface area (Å²) in [5.41, 5.74) is -0.0160. The molecule has 1 aromatic carbocycles. The van der Waals surface area contributed by atoms with Gasteiger partial charge in [0, 0.05) is 13.1 Å². The number of sulfonamides is 1. The van der Waals surface area contributed by atoms with Crippen LogP contribution in [0.5, 0.6) is 5.75 Å². The van der Waals surface area contributed by atoms with Crippen LogP contribution in [0.1, 0.15) is 31.1 Å². The molecule has 0 saturated heterocycles. The minimum atomic E-state index is -3.72. The second-order valence-electron chi connectivity index (χ2n) is 5.02. The van der Waals surface area contributed by atoms with E-state index in [2.05, 4.69) is 0 Å². The molecule has 1 aromatic rings. The SMILES string of the molecule is CCN(CC(C)C)S(=O)(=O)c1ccc(C(=O)O)cc1OC. The maximum atomic E-state index is 12.7. The molecule has 7 heteroatoms. The second-order valence-corrected chi connectivity index (χ2v) is 6.93. The van der Waals surface area contributed by atoms with Crippen molar-refractivity contribution in [3.63, 3.8) is 0 Å². The first-order chi connectivity index (χ1) is 9.73. The summed E-state index contributed by atoms with van der Waals surface area (Å²) >= 11 is 0. The quantitative estimate of drug-likeness (QED) is 0.832. The van der Waals surface area contributed by atoms with Gasteiger partial charge < -0.3 is 9.84 Å². The third kappa shape index (κ3) is 3.95. The molecule has 1 N–H and O–H groups in total. The highest BCUT2D eigenvalue weighted by Gasteiger charge is 2.27. The van der Waals surface area contributed by atoms with Gasteiger partial charge in [0.2, 0.25) is 10.0 Å². The van der Waals surface area contributed by atoms with Gasteiger partial charge in [0.25, 0.3) is 0 Å². The predicted octanol–water partition coefficient (Wildman–Crippen LogP) is 2.06. The number of carbonyl (C=O) groups is 1. The Labute approximate surface area is 125 Å². The van der Waals surface area contributed by atoms with Gasteiger partial charge in [-0.05, 0) is 24.1 Å². The standard InChI is InChI=1S/C14H21NO5S/c1-5-15(9-10(2)3)21(18,19)13-7-6-11(14(16)17)8-12(13)20-4/h6-8,10H,5,9H2,1-4H3,(H,16,17). The van der Waals surface area contributed by atoms with Crippen molar-refractivity contribution in [3.8, 4) is 5.75 Å². The lowest BCUT2D eigenvalue weighted by molar-refractivity contribution is 0.0696. The molecule has 21 heavy (non-hydrogen) atoms. The van der Waals surface area contributed by atoms with Crippen LogP contribution >= 0.6 is 0 Å². The van der Waals surface area contributed by atoms with E-state index in [1.165, 1.54) is 29.6 Å².